The normalized spacial score (nSPS) is 15.8. The minimum Gasteiger partial charge on any atom is -0.495 e. The zero-order valence-electron chi connectivity index (χ0n) is 18.6. The Morgan fingerprint density at radius 1 is 1.28 bits per heavy atom. The minimum atomic E-state index is -0.260. The summed E-state index contributed by atoms with van der Waals surface area (Å²) < 4.78 is 18.8. The van der Waals surface area contributed by atoms with Gasteiger partial charge in [-0.3, -0.25) is 19.1 Å². The molecule has 9 nitrogen and oxygen atoms in total. The van der Waals surface area contributed by atoms with Crippen molar-refractivity contribution in [2.45, 2.75) is 39.3 Å². The van der Waals surface area contributed by atoms with Crippen molar-refractivity contribution < 1.29 is 19.0 Å². The van der Waals surface area contributed by atoms with E-state index >= 15 is 0 Å². The van der Waals surface area contributed by atoms with Crippen LogP contribution in [0.3, 0.4) is 0 Å². The zero-order valence-corrected chi connectivity index (χ0v) is 19.4. The first-order valence-electron chi connectivity index (χ1n) is 10.4. The van der Waals surface area contributed by atoms with Crippen LogP contribution in [-0.2, 0) is 16.1 Å². The summed E-state index contributed by atoms with van der Waals surface area (Å²) in [4.78, 5) is 36.6. The molecule has 1 aliphatic heterocycles. The van der Waals surface area contributed by atoms with Gasteiger partial charge in [0.2, 0.25) is 5.91 Å². The van der Waals surface area contributed by atoms with E-state index in [0.29, 0.717) is 46.6 Å². The summed E-state index contributed by atoms with van der Waals surface area (Å²) in [6.45, 7) is 4.38. The molecule has 0 saturated carbocycles. The zero-order chi connectivity index (χ0) is 22.8. The number of anilines is 1. The molecule has 3 aromatic rings. The Bertz CT molecular complexity index is 1160. The number of amides is 1. The molecule has 3 heterocycles. The van der Waals surface area contributed by atoms with Gasteiger partial charge in [-0.25, -0.2) is 9.97 Å². The summed E-state index contributed by atoms with van der Waals surface area (Å²) in [6, 6.07) is 3.60. The Labute approximate surface area is 189 Å². The first-order chi connectivity index (χ1) is 15.4. The largest absolute Gasteiger partial charge is 0.495 e. The van der Waals surface area contributed by atoms with Crippen LogP contribution in [0.15, 0.2) is 23.3 Å². The van der Waals surface area contributed by atoms with Crippen molar-refractivity contribution in [1.82, 2.24) is 14.5 Å². The number of hydrogen-bond acceptors (Lipinski definition) is 8. The molecule has 170 valence electrons. The number of benzene rings is 1. The summed E-state index contributed by atoms with van der Waals surface area (Å²) in [6.07, 6.45) is 3.16. The lowest BCUT2D eigenvalue weighted by Crippen LogP contribution is -2.41. The molecule has 0 N–H and O–H groups in total. The second-order valence-electron chi connectivity index (χ2n) is 7.67. The van der Waals surface area contributed by atoms with Crippen LogP contribution in [-0.4, -0.2) is 53.9 Å². The smallest absolute Gasteiger partial charge is 0.256 e. The van der Waals surface area contributed by atoms with Crippen molar-refractivity contribution >= 4 is 32.6 Å². The predicted molar refractivity (Wildman–Crippen MR) is 122 cm³/mol. The molecule has 1 aromatic carbocycles. The SMILES string of the molecule is COc1ccc(OC)c2sc(N(CC3CCCO3)C(=O)Cn3cnc(C)c(C)c3=O)nc12. The van der Waals surface area contributed by atoms with Crippen LogP contribution in [0.2, 0.25) is 0 Å². The highest BCUT2D eigenvalue weighted by Crippen LogP contribution is 2.40. The number of aryl methyl sites for hydroxylation is 1. The van der Waals surface area contributed by atoms with E-state index < -0.39 is 0 Å². The van der Waals surface area contributed by atoms with Gasteiger partial charge in [0, 0.05) is 17.9 Å². The van der Waals surface area contributed by atoms with Gasteiger partial charge in [0.15, 0.2) is 5.13 Å². The first-order valence-corrected chi connectivity index (χ1v) is 11.2. The maximum atomic E-state index is 13.4. The fraction of sp³-hybridized carbons (Fsp3) is 0.455. The Morgan fingerprint density at radius 3 is 2.72 bits per heavy atom. The molecule has 2 aromatic heterocycles. The number of hydrogen-bond donors (Lipinski definition) is 0. The molecular formula is C22H26N4O5S. The molecule has 1 saturated heterocycles. The molecule has 32 heavy (non-hydrogen) atoms. The van der Waals surface area contributed by atoms with Gasteiger partial charge in [-0.1, -0.05) is 11.3 Å². The number of aromatic nitrogens is 3. The molecule has 0 bridgehead atoms. The third-order valence-corrected chi connectivity index (χ3v) is 6.75. The van der Waals surface area contributed by atoms with Gasteiger partial charge >= 0.3 is 0 Å². The predicted octanol–water partition coefficient (Wildman–Crippen LogP) is 2.70. The summed E-state index contributed by atoms with van der Waals surface area (Å²) >= 11 is 1.35. The third-order valence-electron chi connectivity index (χ3n) is 5.66. The quantitative estimate of drug-likeness (QED) is 0.537. The number of methoxy groups -OCH3 is 2. The second kappa shape index (κ2) is 9.25. The topological polar surface area (TPSA) is 95.8 Å². The van der Waals surface area contributed by atoms with E-state index in [4.69, 9.17) is 19.2 Å². The highest BCUT2D eigenvalue weighted by molar-refractivity contribution is 7.22. The van der Waals surface area contributed by atoms with Gasteiger partial charge in [-0.05, 0) is 38.8 Å². The highest BCUT2D eigenvalue weighted by Gasteiger charge is 2.28. The number of fused-ring (bicyclic) bond motifs is 1. The van der Waals surface area contributed by atoms with Crippen LogP contribution in [0.4, 0.5) is 5.13 Å². The van der Waals surface area contributed by atoms with Crippen LogP contribution >= 0.6 is 11.3 Å². The Kier molecular flexibility index (Phi) is 6.43. The molecule has 1 fully saturated rings. The Balaban J connectivity index is 1.73. The van der Waals surface area contributed by atoms with Gasteiger partial charge in [-0.15, -0.1) is 0 Å². The molecule has 0 radical (unpaired) electrons. The van der Waals surface area contributed by atoms with Crippen molar-refractivity contribution in [1.29, 1.82) is 0 Å². The lowest BCUT2D eigenvalue weighted by atomic mass is 10.2. The fourth-order valence-corrected chi connectivity index (χ4v) is 4.79. The number of carbonyl (C=O) groups is 1. The average molecular weight is 459 g/mol. The molecule has 0 aliphatic carbocycles. The number of carbonyl (C=O) groups excluding carboxylic acids is 1. The van der Waals surface area contributed by atoms with Gasteiger partial charge in [0.1, 0.15) is 28.3 Å². The van der Waals surface area contributed by atoms with E-state index in [1.807, 2.05) is 6.07 Å². The molecular weight excluding hydrogens is 432 g/mol. The molecule has 0 spiro atoms. The molecule has 1 aliphatic rings. The van der Waals surface area contributed by atoms with Crippen LogP contribution in [0.5, 0.6) is 11.5 Å². The molecule has 1 amide bonds. The third kappa shape index (κ3) is 4.20. The number of nitrogens with zero attached hydrogens (tertiary/aromatic N) is 4. The lowest BCUT2D eigenvalue weighted by molar-refractivity contribution is -0.119. The number of rotatable bonds is 7. The summed E-state index contributed by atoms with van der Waals surface area (Å²) in [5.41, 5.74) is 1.58. The van der Waals surface area contributed by atoms with Gasteiger partial charge in [0.25, 0.3) is 5.56 Å². The van der Waals surface area contributed by atoms with E-state index in [-0.39, 0.29) is 24.1 Å². The highest BCUT2D eigenvalue weighted by atomic mass is 32.1. The van der Waals surface area contributed by atoms with E-state index in [1.54, 1.807) is 39.0 Å². The Morgan fingerprint density at radius 2 is 2.03 bits per heavy atom. The van der Waals surface area contributed by atoms with Crippen molar-refractivity contribution in [2.24, 2.45) is 0 Å². The standard InChI is InChI=1S/C22H26N4O5S/c1-13-14(2)23-12-25(21(13)28)11-18(27)26(10-15-6-5-9-31-15)22-24-19-16(29-3)7-8-17(30-4)20(19)32-22/h7-8,12,15H,5-6,9-11H2,1-4H3. The summed E-state index contributed by atoms with van der Waals surface area (Å²) in [7, 11) is 3.17. The van der Waals surface area contributed by atoms with Crippen LogP contribution < -0.4 is 19.9 Å². The van der Waals surface area contributed by atoms with Crippen LogP contribution in [0.1, 0.15) is 24.1 Å². The van der Waals surface area contributed by atoms with E-state index in [0.717, 1.165) is 17.5 Å². The number of thiazole rings is 1. The lowest BCUT2D eigenvalue weighted by Gasteiger charge is -2.23. The molecule has 1 unspecified atom stereocenters. The van der Waals surface area contributed by atoms with Crippen molar-refractivity contribution in [3.63, 3.8) is 0 Å². The number of ether oxygens (including phenoxy) is 3. The van der Waals surface area contributed by atoms with E-state index in [2.05, 4.69) is 4.98 Å². The van der Waals surface area contributed by atoms with Crippen molar-refractivity contribution in [3.8, 4) is 11.5 Å². The van der Waals surface area contributed by atoms with E-state index in [1.165, 1.54) is 22.2 Å². The van der Waals surface area contributed by atoms with Gasteiger partial charge < -0.3 is 14.2 Å². The monoisotopic (exact) mass is 458 g/mol. The van der Waals surface area contributed by atoms with Crippen LogP contribution in [0.25, 0.3) is 10.2 Å². The molecule has 1 atom stereocenters. The van der Waals surface area contributed by atoms with Gasteiger partial charge in [-0.2, -0.15) is 0 Å². The maximum Gasteiger partial charge on any atom is 0.256 e. The fourth-order valence-electron chi connectivity index (χ4n) is 3.69. The van der Waals surface area contributed by atoms with Crippen molar-refractivity contribution in [2.75, 3.05) is 32.3 Å². The second-order valence-corrected chi connectivity index (χ2v) is 8.65. The molecule has 10 heteroatoms. The first kappa shape index (κ1) is 22.2. The van der Waals surface area contributed by atoms with Gasteiger partial charge in [0.05, 0.1) is 33.2 Å². The maximum absolute atomic E-state index is 13.4. The Hall–Kier alpha value is -2.98. The van der Waals surface area contributed by atoms with Crippen molar-refractivity contribution in [3.05, 3.63) is 40.1 Å². The summed E-state index contributed by atoms with van der Waals surface area (Å²) in [5.74, 6) is 0.996. The minimum absolute atomic E-state index is 0.0793. The molecule has 4 rings (SSSR count). The summed E-state index contributed by atoms with van der Waals surface area (Å²) in [5, 5.41) is 0.508. The van der Waals surface area contributed by atoms with Crippen LogP contribution in [0, 0.1) is 13.8 Å². The average Bonchev–Trinajstić information content (AvgIpc) is 3.47. The van der Waals surface area contributed by atoms with E-state index in [9.17, 15) is 9.59 Å².